The van der Waals surface area contributed by atoms with Crippen LogP contribution >= 0.6 is 15.9 Å². The number of fused-ring (bicyclic) bond motifs is 1. The van der Waals surface area contributed by atoms with E-state index in [2.05, 4.69) is 63.4 Å². The van der Waals surface area contributed by atoms with Gasteiger partial charge in [0.25, 0.3) is 0 Å². The van der Waals surface area contributed by atoms with E-state index in [-0.39, 0.29) is 0 Å². The third-order valence-corrected chi connectivity index (χ3v) is 3.49. The molecule has 0 bridgehead atoms. The first-order valence-corrected chi connectivity index (χ1v) is 6.23. The predicted molar refractivity (Wildman–Crippen MR) is 74.9 cm³/mol. The Balaban J connectivity index is 2.38. The third kappa shape index (κ3) is 1.85. The Morgan fingerprint density at radius 1 is 0.882 bits per heavy atom. The molecule has 0 saturated carbocycles. The molecule has 0 aliphatic carbocycles. The summed E-state index contributed by atoms with van der Waals surface area (Å²) in [5.74, 6) is 0. The Bertz CT molecular complexity index is 657. The molecular weight excluding hydrogens is 274 g/mol. The average molecular weight is 284 g/mol. The van der Waals surface area contributed by atoms with Crippen molar-refractivity contribution in [3.05, 3.63) is 65.4 Å². The van der Waals surface area contributed by atoms with Gasteiger partial charge in [-0.15, -0.1) is 0 Å². The van der Waals surface area contributed by atoms with E-state index in [9.17, 15) is 0 Å². The first kappa shape index (κ1) is 10.5. The number of halogens is 1. The maximum atomic E-state index is 4.18. The van der Waals surface area contributed by atoms with Crippen molar-refractivity contribution < 1.29 is 0 Å². The van der Waals surface area contributed by atoms with Crippen molar-refractivity contribution in [3.63, 3.8) is 0 Å². The summed E-state index contributed by atoms with van der Waals surface area (Å²) in [5, 5.41) is 2.48. The molecule has 2 aromatic carbocycles. The van der Waals surface area contributed by atoms with E-state index in [4.69, 9.17) is 0 Å². The van der Waals surface area contributed by atoms with Crippen LogP contribution in [0.15, 0.2) is 65.4 Å². The summed E-state index contributed by atoms with van der Waals surface area (Å²) in [6.45, 7) is 0. The van der Waals surface area contributed by atoms with Gasteiger partial charge in [-0.2, -0.15) is 0 Å². The quantitative estimate of drug-likeness (QED) is 0.633. The molecule has 0 saturated heterocycles. The summed E-state index contributed by atoms with van der Waals surface area (Å²) in [6.07, 6.45) is 3.69. The van der Waals surface area contributed by atoms with Crippen LogP contribution in [-0.2, 0) is 0 Å². The monoisotopic (exact) mass is 283 g/mol. The Kier molecular flexibility index (Phi) is 2.65. The molecule has 0 radical (unpaired) electrons. The van der Waals surface area contributed by atoms with Crippen LogP contribution in [0.3, 0.4) is 0 Å². The molecule has 3 aromatic rings. The molecule has 1 heterocycles. The third-order valence-electron chi connectivity index (χ3n) is 2.83. The maximum absolute atomic E-state index is 4.18. The minimum absolute atomic E-state index is 1.12. The number of hydrogen-bond donors (Lipinski definition) is 0. The number of pyridine rings is 1. The first-order chi connectivity index (χ1) is 8.36. The van der Waals surface area contributed by atoms with Gasteiger partial charge >= 0.3 is 0 Å². The van der Waals surface area contributed by atoms with Crippen molar-refractivity contribution in [2.24, 2.45) is 0 Å². The van der Waals surface area contributed by atoms with Crippen molar-refractivity contribution in [2.45, 2.75) is 0 Å². The van der Waals surface area contributed by atoms with E-state index in [1.165, 1.54) is 16.3 Å². The normalized spacial score (nSPS) is 10.6. The number of nitrogens with zero attached hydrogens (tertiary/aromatic N) is 1. The van der Waals surface area contributed by atoms with Crippen LogP contribution in [0.5, 0.6) is 0 Å². The fraction of sp³-hybridized carbons (Fsp3) is 0. The molecule has 0 atom stereocenters. The predicted octanol–water partition coefficient (Wildman–Crippen LogP) is 4.66. The Morgan fingerprint density at radius 3 is 2.47 bits per heavy atom. The Hall–Kier alpha value is -1.67. The second-order valence-corrected chi connectivity index (χ2v) is 4.74. The highest BCUT2D eigenvalue weighted by molar-refractivity contribution is 9.10. The van der Waals surface area contributed by atoms with Gasteiger partial charge in [-0.3, -0.25) is 4.98 Å². The zero-order chi connectivity index (χ0) is 11.7. The first-order valence-electron chi connectivity index (χ1n) is 5.44. The van der Waals surface area contributed by atoms with Gasteiger partial charge < -0.3 is 0 Å². The van der Waals surface area contributed by atoms with Gasteiger partial charge in [0.2, 0.25) is 0 Å². The SMILES string of the molecule is Brc1cccc2cccc(-c3cccnc3)c12. The maximum Gasteiger partial charge on any atom is 0.0346 e. The number of aromatic nitrogens is 1. The molecule has 1 aromatic heterocycles. The van der Waals surface area contributed by atoms with Crippen molar-refractivity contribution in [3.8, 4) is 11.1 Å². The minimum atomic E-state index is 1.12. The van der Waals surface area contributed by atoms with Gasteiger partial charge in [0, 0.05) is 27.8 Å². The molecule has 0 amide bonds. The lowest BCUT2D eigenvalue weighted by Crippen LogP contribution is -1.83. The van der Waals surface area contributed by atoms with Gasteiger partial charge in [0.05, 0.1) is 0 Å². The second-order valence-electron chi connectivity index (χ2n) is 3.89. The van der Waals surface area contributed by atoms with E-state index >= 15 is 0 Å². The molecule has 0 aliphatic rings. The molecule has 0 fully saturated rings. The van der Waals surface area contributed by atoms with Crippen LogP contribution in [0, 0.1) is 0 Å². The van der Waals surface area contributed by atoms with Crippen LogP contribution in [0.25, 0.3) is 21.9 Å². The van der Waals surface area contributed by atoms with Crippen molar-refractivity contribution >= 4 is 26.7 Å². The van der Waals surface area contributed by atoms with Crippen molar-refractivity contribution in [1.82, 2.24) is 4.98 Å². The standard InChI is InChI=1S/C15H10BrN/c16-14-8-2-5-11-4-1-7-13(15(11)14)12-6-3-9-17-10-12/h1-10H. The van der Waals surface area contributed by atoms with E-state index < -0.39 is 0 Å². The van der Waals surface area contributed by atoms with E-state index in [0.29, 0.717) is 0 Å². The highest BCUT2D eigenvalue weighted by Crippen LogP contribution is 2.33. The fourth-order valence-electron chi connectivity index (χ4n) is 2.06. The summed E-state index contributed by atoms with van der Waals surface area (Å²) >= 11 is 3.62. The average Bonchev–Trinajstić information content (AvgIpc) is 2.39. The number of benzene rings is 2. The molecule has 82 valence electrons. The van der Waals surface area contributed by atoms with E-state index in [0.717, 1.165) is 10.0 Å². The number of hydrogen-bond acceptors (Lipinski definition) is 1. The lowest BCUT2D eigenvalue weighted by atomic mass is 10.00. The molecule has 3 rings (SSSR count). The number of rotatable bonds is 1. The molecule has 1 nitrogen and oxygen atoms in total. The highest BCUT2D eigenvalue weighted by Gasteiger charge is 2.06. The van der Waals surface area contributed by atoms with E-state index in [1.54, 1.807) is 6.20 Å². The molecule has 0 unspecified atom stereocenters. The van der Waals surface area contributed by atoms with E-state index in [1.807, 2.05) is 12.3 Å². The smallest absolute Gasteiger partial charge is 0.0346 e. The summed E-state index contributed by atoms with van der Waals surface area (Å²) in [6, 6.07) is 16.6. The fourth-order valence-corrected chi connectivity index (χ4v) is 2.65. The molecule has 2 heteroatoms. The van der Waals surface area contributed by atoms with Gasteiger partial charge in [-0.1, -0.05) is 52.3 Å². The molecule has 0 spiro atoms. The summed E-state index contributed by atoms with van der Waals surface area (Å²) in [5.41, 5.74) is 2.35. The zero-order valence-electron chi connectivity index (χ0n) is 9.10. The van der Waals surface area contributed by atoms with Crippen molar-refractivity contribution in [2.75, 3.05) is 0 Å². The van der Waals surface area contributed by atoms with Crippen LogP contribution in [-0.4, -0.2) is 4.98 Å². The van der Waals surface area contributed by atoms with Crippen LogP contribution < -0.4 is 0 Å². The minimum Gasteiger partial charge on any atom is -0.264 e. The summed E-state index contributed by atoms with van der Waals surface area (Å²) in [7, 11) is 0. The topological polar surface area (TPSA) is 12.9 Å². The van der Waals surface area contributed by atoms with Crippen molar-refractivity contribution in [1.29, 1.82) is 0 Å². The van der Waals surface area contributed by atoms with Gasteiger partial charge in [0.15, 0.2) is 0 Å². The van der Waals surface area contributed by atoms with Gasteiger partial charge in [-0.25, -0.2) is 0 Å². The van der Waals surface area contributed by atoms with Crippen LogP contribution in [0.2, 0.25) is 0 Å². The molecular formula is C15H10BrN. The van der Waals surface area contributed by atoms with Crippen LogP contribution in [0.4, 0.5) is 0 Å². The van der Waals surface area contributed by atoms with Crippen LogP contribution in [0.1, 0.15) is 0 Å². The van der Waals surface area contributed by atoms with Gasteiger partial charge in [0.1, 0.15) is 0 Å². The Morgan fingerprint density at radius 2 is 1.71 bits per heavy atom. The largest absolute Gasteiger partial charge is 0.264 e. The second kappa shape index (κ2) is 4.30. The molecule has 0 aliphatic heterocycles. The summed E-state index contributed by atoms with van der Waals surface area (Å²) < 4.78 is 1.12. The highest BCUT2D eigenvalue weighted by atomic mass is 79.9. The Labute approximate surface area is 108 Å². The van der Waals surface area contributed by atoms with Gasteiger partial charge in [-0.05, 0) is 23.1 Å². The lowest BCUT2D eigenvalue weighted by molar-refractivity contribution is 1.33. The zero-order valence-corrected chi connectivity index (χ0v) is 10.7. The molecule has 17 heavy (non-hydrogen) atoms. The summed E-state index contributed by atoms with van der Waals surface area (Å²) in [4.78, 5) is 4.18. The molecule has 0 N–H and O–H groups in total. The lowest BCUT2D eigenvalue weighted by Gasteiger charge is -2.08.